The van der Waals surface area contributed by atoms with Crippen LogP contribution in [-0.4, -0.2) is 31.2 Å². The number of ether oxygens (including phenoxy) is 1. The fourth-order valence-electron chi connectivity index (χ4n) is 2.41. The Bertz CT molecular complexity index is 1060. The second kappa shape index (κ2) is 9.70. The highest BCUT2D eigenvalue weighted by Gasteiger charge is 2.13. The Morgan fingerprint density at radius 1 is 1.23 bits per heavy atom. The molecular weight excluding hydrogens is 408 g/mol. The van der Waals surface area contributed by atoms with Crippen LogP contribution in [0.4, 0.5) is 5.69 Å². The molecule has 0 amide bonds. The lowest BCUT2D eigenvalue weighted by Crippen LogP contribution is -1.98. The van der Waals surface area contributed by atoms with Gasteiger partial charge in [-0.2, -0.15) is 0 Å². The van der Waals surface area contributed by atoms with Gasteiger partial charge in [0.1, 0.15) is 23.1 Å². The topological polar surface area (TPSA) is 131 Å². The molecule has 0 bridgehead atoms. The van der Waals surface area contributed by atoms with E-state index in [0.29, 0.717) is 28.7 Å². The number of nitrogens with one attached hydrogen (secondary N) is 1. The van der Waals surface area contributed by atoms with Gasteiger partial charge in [-0.15, -0.1) is 5.10 Å². The number of rotatable bonds is 9. The number of hydrogen-bond acceptors (Lipinski definition) is 7. The molecule has 0 aliphatic heterocycles. The molecule has 9 nitrogen and oxygen atoms in total. The van der Waals surface area contributed by atoms with Gasteiger partial charge >= 0.3 is 5.97 Å². The number of aromatic amines is 1. The molecule has 154 valence electrons. The third-order valence-electron chi connectivity index (χ3n) is 3.99. The van der Waals surface area contributed by atoms with E-state index in [2.05, 4.69) is 15.2 Å². The van der Waals surface area contributed by atoms with Crippen molar-refractivity contribution >= 4 is 29.5 Å². The molecule has 0 spiro atoms. The first kappa shape index (κ1) is 21.1. The van der Waals surface area contributed by atoms with Gasteiger partial charge in [0.05, 0.1) is 4.92 Å². The zero-order valence-electron chi connectivity index (χ0n) is 15.9. The van der Waals surface area contributed by atoms with E-state index in [0.717, 1.165) is 17.3 Å². The Morgan fingerprint density at radius 3 is 2.50 bits per heavy atom. The fraction of sp³-hybridized carbons (Fsp3) is 0.150. The Morgan fingerprint density at radius 2 is 1.93 bits per heavy atom. The summed E-state index contributed by atoms with van der Waals surface area (Å²) in [5.74, 6) is 0.217. The van der Waals surface area contributed by atoms with Gasteiger partial charge in [0, 0.05) is 18.6 Å². The number of non-ortho nitro benzene ring substituents is 1. The lowest BCUT2D eigenvalue weighted by Gasteiger charge is -2.07. The van der Waals surface area contributed by atoms with Gasteiger partial charge in [-0.05, 0) is 53.2 Å². The van der Waals surface area contributed by atoms with Gasteiger partial charge < -0.3 is 9.84 Å². The monoisotopic (exact) mass is 426 g/mol. The highest BCUT2D eigenvalue weighted by atomic mass is 32.2. The number of nitro groups is 1. The summed E-state index contributed by atoms with van der Waals surface area (Å²) in [7, 11) is 0. The molecule has 0 radical (unpaired) electrons. The smallest absolute Gasteiger partial charge is 0.342 e. The van der Waals surface area contributed by atoms with Crippen molar-refractivity contribution in [1.82, 2.24) is 15.2 Å². The third kappa shape index (κ3) is 5.67. The molecule has 2 N–H and O–H groups in total. The van der Waals surface area contributed by atoms with Crippen LogP contribution in [0.3, 0.4) is 0 Å². The summed E-state index contributed by atoms with van der Waals surface area (Å²) in [6, 6.07) is 13.1. The molecule has 0 saturated carbocycles. The minimum atomic E-state index is -1.07. The molecule has 0 aliphatic carbocycles. The third-order valence-corrected chi connectivity index (χ3v) is 4.87. The normalized spacial score (nSPS) is 11.3. The summed E-state index contributed by atoms with van der Waals surface area (Å²) >= 11 is 0.972. The largest absolute Gasteiger partial charge is 0.489 e. The van der Waals surface area contributed by atoms with E-state index in [1.165, 1.54) is 18.2 Å². The standard InChI is InChI=1S/C20H18N4O5S/c1-2-18-21-20(23-22-18)30-17(19(25)26)11-13-5-9-16(10-6-13)29-12-14-3-7-15(8-4-14)24(27)28/h3-11H,2,12H2,1H3,(H,25,26)(H,21,22,23)/b17-11-. The van der Waals surface area contributed by atoms with Gasteiger partial charge in [0.2, 0.25) is 5.16 Å². The van der Waals surface area contributed by atoms with E-state index in [-0.39, 0.29) is 17.2 Å². The molecule has 10 heteroatoms. The van der Waals surface area contributed by atoms with Crippen LogP contribution in [0.2, 0.25) is 0 Å². The second-order valence-corrected chi connectivity index (χ2v) is 7.12. The average Bonchev–Trinajstić information content (AvgIpc) is 3.20. The number of thioether (sulfide) groups is 1. The molecule has 3 rings (SSSR count). The van der Waals surface area contributed by atoms with Gasteiger partial charge in [-0.3, -0.25) is 15.2 Å². The number of benzene rings is 2. The molecule has 0 aliphatic rings. The van der Waals surface area contributed by atoms with Gasteiger partial charge in [0.15, 0.2) is 0 Å². The molecule has 0 saturated heterocycles. The Hall–Kier alpha value is -3.66. The summed E-state index contributed by atoms with van der Waals surface area (Å²) in [6.45, 7) is 2.18. The highest BCUT2D eigenvalue weighted by molar-refractivity contribution is 8.04. The lowest BCUT2D eigenvalue weighted by molar-refractivity contribution is -0.384. The molecular formula is C20H18N4O5S. The first-order chi connectivity index (χ1) is 14.4. The molecule has 2 aromatic carbocycles. The summed E-state index contributed by atoms with van der Waals surface area (Å²) in [4.78, 5) is 26.1. The minimum absolute atomic E-state index is 0.0259. The number of nitrogens with zero attached hydrogens (tertiary/aromatic N) is 3. The van der Waals surface area contributed by atoms with E-state index in [4.69, 9.17) is 4.74 Å². The maximum absolute atomic E-state index is 11.6. The first-order valence-electron chi connectivity index (χ1n) is 8.95. The van der Waals surface area contributed by atoms with Crippen LogP contribution in [0.15, 0.2) is 58.6 Å². The number of aryl methyl sites for hydroxylation is 1. The number of aliphatic carboxylic acids is 1. The van der Waals surface area contributed by atoms with E-state index in [9.17, 15) is 20.0 Å². The van der Waals surface area contributed by atoms with Gasteiger partial charge in [-0.1, -0.05) is 19.1 Å². The lowest BCUT2D eigenvalue weighted by atomic mass is 10.2. The van der Waals surface area contributed by atoms with E-state index in [1.807, 2.05) is 6.92 Å². The minimum Gasteiger partial charge on any atom is -0.489 e. The Kier molecular flexibility index (Phi) is 6.81. The van der Waals surface area contributed by atoms with Gasteiger partial charge in [-0.25, -0.2) is 9.78 Å². The predicted molar refractivity (Wildman–Crippen MR) is 111 cm³/mol. The summed E-state index contributed by atoms with van der Waals surface area (Å²) in [5.41, 5.74) is 1.51. The van der Waals surface area contributed by atoms with Crippen LogP contribution < -0.4 is 4.74 Å². The van der Waals surface area contributed by atoms with Crippen molar-refractivity contribution in [2.24, 2.45) is 0 Å². The van der Waals surface area contributed by atoms with Crippen LogP contribution >= 0.6 is 11.8 Å². The van der Waals surface area contributed by atoms with Crippen LogP contribution in [0.5, 0.6) is 5.75 Å². The van der Waals surface area contributed by atoms with E-state index in [1.54, 1.807) is 36.4 Å². The summed E-state index contributed by atoms with van der Waals surface area (Å²) in [5, 5.41) is 27.2. The van der Waals surface area contributed by atoms with Crippen molar-refractivity contribution in [3.63, 3.8) is 0 Å². The molecule has 0 atom stereocenters. The van der Waals surface area contributed by atoms with Gasteiger partial charge in [0.25, 0.3) is 5.69 Å². The fourth-order valence-corrected chi connectivity index (χ4v) is 3.13. The second-order valence-electron chi connectivity index (χ2n) is 6.12. The molecule has 0 unspecified atom stereocenters. The van der Waals surface area contributed by atoms with Crippen LogP contribution in [0.25, 0.3) is 6.08 Å². The van der Waals surface area contributed by atoms with Crippen LogP contribution in [0.1, 0.15) is 23.9 Å². The number of hydrogen-bond donors (Lipinski definition) is 2. The summed E-state index contributed by atoms with van der Waals surface area (Å²) in [6.07, 6.45) is 2.22. The predicted octanol–water partition coefficient (Wildman–Crippen LogP) is 4.07. The number of H-pyrrole nitrogens is 1. The van der Waals surface area contributed by atoms with Crippen molar-refractivity contribution in [2.45, 2.75) is 25.1 Å². The average molecular weight is 426 g/mol. The zero-order valence-corrected chi connectivity index (χ0v) is 16.8. The maximum Gasteiger partial charge on any atom is 0.342 e. The molecule has 1 aromatic heterocycles. The quantitative estimate of drug-likeness (QED) is 0.226. The molecule has 0 fully saturated rings. The first-order valence-corrected chi connectivity index (χ1v) is 9.76. The molecule has 30 heavy (non-hydrogen) atoms. The zero-order chi connectivity index (χ0) is 21.5. The summed E-state index contributed by atoms with van der Waals surface area (Å²) < 4.78 is 5.67. The number of nitro benzene ring substituents is 1. The van der Waals surface area contributed by atoms with Crippen molar-refractivity contribution in [3.05, 3.63) is 80.5 Å². The highest BCUT2D eigenvalue weighted by Crippen LogP contribution is 2.26. The number of aromatic nitrogens is 3. The number of carboxylic acid groups (broad SMARTS) is 1. The number of carbonyl (C=O) groups is 1. The van der Waals surface area contributed by atoms with E-state index < -0.39 is 10.9 Å². The van der Waals surface area contributed by atoms with Crippen molar-refractivity contribution in [2.75, 3.05) is 0 Å². The SMILES string of the molecule is CCc1nc(S/C(=C\c2ccc(OCc3ccc([N+](=O)[O-])cc3)cc2)C(=O)O)n[nH]1. The van der Waals surface area contributed by atoms with E-state index >= 15 is 0 Å². The van der Waals surface area contributed by atoms with Crippen molar-refractivity contribution < 1.29 is 19.6 Å². The molecule has 1 heterocycles. The molecule has 3 aromatic rings. The van der Waals surface area contributed by atoms with Crippen molar-refractivity contribution in [1.29, 1.82) is 0 Å². The maximum atomic E-state index is 11.6. The number of carboxylic acids is 1. The Balaban J connectivity index is 1.64. The van der Waals surface area contributed by atoms with Crippen molar-refractivity contribution in [3.8, 4) is 5.75 Å². The van der Waals surface area contributed by atoms with Crippen LogP contribution in [0, 0.1) is 10.1 Å². The Labute approximate surface area is 176 Å². The van der Waals surface area contributed by atoms with Crippen LogP contribution in [-0.2, 0) is 17.8 Å².